The van der Waals surface area contributed by atoms with E-state index in [0.717, 1.165) is 12.8 Å². The Morgan fingerprint density at radius 2 is 1.95 bits per heavy atom. The molecule has 2 N–H and O–H groups in total. The second-order valence-electron chi connectivity index (χ2n) is 5.69. The Hall–Kier alpha value is -0.380. The van der Waals surface area contributed by atoms with Gasteiger partial charge < -0.3 is 10.5 Å². The fourth-order valence-corrected chi connectivity index (χ4v) is 4.28. The maximum Gasteiger partial charge on any atom is 0.0753 e. The van der Waals surface area contributed by atoms with Crippen molar-refractivity contribution in [2.24, 2.45) is 11.7 Å². The molecule has 2 unspecified atom stereocenters. The number of nitrogens with two attached hydrogens (primary N) is 1. The standard InChI is InChI=1S/C16H27NOS/c1-3-13-9-10-14(19-13)11-15(17)16(18-2)12-7-5-4-6-8-12/h9-10,12,15-16H,3-8,11,17H2,1-2H3. The topological polar surface area (TPSA) is 35.2 Å². The monoisotopic (exact) mass is 281 g/mol. The van der Waals surface area contributed by atoms with Gasteiger partial charge in [0, 0.05) is 22.9 Å². The molecule has 1 heterocycles. The van der Waals surface area contributed by atoms with Gasteiger partial charge in [-0.25, -0.2) is 0 Å². The largest absolute Gasteiger partial charge is 0.380 e. The number of aryl methyl sites for hydroxylation is 1. The van der Waals surface area contributed by atoms with E-state index in [1.165, 1.54) is 41.9 Å². The smallest absolute Gasteiger partial charge is 0.0753 e. The molecule has 0 saturated heterocycles. The molecule has 0 amide bonds. The molecule has 0 radical (unpaired) electrons. The van der Waals surface area contributed by atoms with E-state index in [4.69, 9.17) is 10.5 Å². The summed E-state index contributed by atoms with van der Waals surface area (Å²) in [6.45, 7) is 2.20. The van der Waals surface area contributed by atoms with E-state index in [9.17, 15) is 0 Å². The third-order valence-electron chi connectivity index (χ3n) is 4.31. The van der Waals surface area contributed by atoms with Gasteiger partial charge in [0.15, 0.2) is 0 Å². The van der Waals surface area contributed by atoms with Crippen molar-refractivity contribution in [1.82, 2.24) is 0 Å². The third kappa shape index (κ3) is 4.04. The van der Waals surface area contributed by atoms with Crippen LogP contribution in [0.2, 0.25) is 0 Å². The Bertz CT molecular complexity index is 371. The van der Waals surface area contributed by atoms with E-state index in [1.807, 2.05) is 18.4 Å². The molecule has 1 fully saturated rings. The minimum Gasteiger partial charge on any atom is -0.380 e. The van der Waals surface area contributed by atoms with Crippen molar-refractivity contribution in [3.05, 3.63) is 21.9 Å². The molecule has 2 rings (SSSR count). The lowest BCUT2D eigenvalue weighted by atomic mass is 9.82. The summed E-state index contributed by atoms with van der Waals surface area (Å²) in [5, 5.41) is 0. The maximum atomic E-state index is 6.42. The van der Waals surface area contributed by atoms with Crippen molar-refractivity contribution in [3.63, 3.8) is 0 Å². The van der Waals surface area contributed by atoms with Crippen LogP contribution in [-0.4, -0.2) is 19.3 Å². The van der Waals surface area contributed by atoms with Gasteiger partial charge in [0.2, 0.25) is 0 Å². The highest BCUT2D eigenvalue weighted by Crippen LogP contribution is 2.30. The van der Waals surface area contributed by atoms with Crippen LogP contribution >= 0.6 is 11.3 Å². The van der Waals surface area contributed by atoms with Gasteiger partial charge in [-0.2, -0.15) is 0 Å². The van der Waals surface area contributed by atoms with Crippen molar-refractivity contribution in [3.8, 4) is 0 Å². The highest BCUT2D eigenvalue weighted by atomic mass is 32.1. The Labute approximate surface area is 121 Å². The van der Waals surface area contributed by atoms with E-state index in [1.54, 1.807) is 0 Å². The first-order valence-electron chi connectivity index (χ1n) is 7.60. The van der Waals surface area contributed by atoms with E-state index in [0.29, 0.717) is 5.92 Å². The molecular weight excluding hydrogens is 254 g/mol. The summed E-state index contributed by atoms with van der Waals surface area (Å²) in [6, 6.07) is 4.60. The van der Waals surface area contributed by atoms with Gasteiger partial charge >= 0.3 is 0 Å². The van der Waals surface area contributed by atoms with Crippen LogP contribution in [-0.2, 0) is 17.6 Å². The summed E-state index contributed by atoms with van der Waals surface area (Å²) in [5.74, 6) is 0.666. The molecular formula is C16H27NOS. The van der Waals surface area contributed by atoms with Gasteiger partial charge in [-0.15, -0.1) is 11.3 Å². The van der Waals surface area contributed by atoms with Gasteiger partial charge in [-0.1, -0.05) is 26.2 Å². The first-order chi connectivity index (χ1) is 9.24. The lowest BCUT2D eigenvalue weighted by Crippen LogP contribution is -2.43. The molecule has 1 aliphatic carbocycles. The summed E-state index contributed by atoms with van der Waals surface area (Å²) in [6.07, 6.45) is 8.95. The lowest BCUT2D eigenvalue weighted by molar-refractivity contribution is 0.0180. The molecule has 2 nitrogen and oxygen atoms in total. The molecule has 3 heteroatoms. The Kier molecular flexibility index (Phi) is 5.86. The number of ether oxygens (including phenoxy) is 1. The van der Waals surface area contributed by atoms with Gasteiger partial charge in [0.25, 0.3) is 0 Å². The SMILES string of the molecule is CCc1ccc(CC(N)C(OC)C2CCCCC2)s1. The number of thiophene rings is 1. The van der Waals surface area contributed by atoms with E-state index < -0.39 is 0 Å². The fraction of sp³-hybridized carbons (Fsp3) is 0.750. The predicted octanol–water partition coefficient (Wildman–Crippen LogP) is 3.78. The molecule has 108 valence electrons. The van der Waals surface area contributed by atoms with E-state index >= 15 is 0 Å². The highest BCUT2D eigenvalue weighted by Gasteiger charge is 2.28. The maximum absolute atomic E-state index is 6.42. The molecule has 0 aliphatic heterocycles. The van der Waals surface area contributed by atoms with Crippen LogP contribution in [0.4, 0.5) is 0 Å². The van der Waals surface area contributed by atoms with E-state index in [-0.39, 0.29) is 12.1 Å². The Morgan fingerprint density at radius 1 is 1.26 bits per heavy atom. The number of hydrogen-bond acceptors (Lipinski definition) is 3. The third-order valence-corrected chi connectivity index (χ3v) is 5.56. The average Bonchev–Trinajstić information content (AvgIpc) is 2.88. The van der Waals surface area contributed by atoms with E-state index in [2.05, 4.69) is 19.1 Å². The van der Waals surface area contributed by atoms with Crippen LogP contribution in [0.5, 0.6) is 0 Å². The Morgan fingerprint density at radius 3 is 2.53 bits per heavy atom. The summed E-state index contributed by atoms with van der Waals surface area (Å²) < 4.78 is 5.74. The van der Waals surface area contributed by atoms with Crippen molar-refractivity contribution < 1.29 is 4.74 Å². The molecule has 0 aromatic carbocycles. The van der Waals surface area contributed by atoms with Crippen LogP contribution in [0, 0.1) is 5.92 Å². The molecule has 2 atom stereocenters. The zero-order valence-electron chi connectivity index (χ0n) is 12.2. The second kappa shape index (κ2) is 7.41. The normalized spacial score (nSPS) is 20.4. The van der Waals surface area contributed by atoms with Crippen molar-refractivity contribution in [2.45, 2.75) is 64.0 Å². The van der Waals surface area contributed by atoms with Crippen LogP contribution in [0.3, 0.4) is 0 Å². The quantitative estimate of drug-likeness (QED) is 0.861. The van der Waals surface area contributed by atoms with Crippen LogP contribution < -0.4 is 5.73 Å². The molecule has 0 bridgehead atoms. The van der Waals surface area contributed by atoms with Crippen molar-refractivity contribution >= 4 is 11.3 Å². The summed E-state index contributed by atoms with van der Waals surface area (Å²) in [5.41, 5.74) is 6.42. The lowest BCUT2D eigenvalue weighted by Gasteiger charge is -2.33. The molecule has 1 aromatic heterocycles. The summed E-state index contributed by atoms with van der Waals surface area (Å²) >= 11 is 1.90. The molecule has 19 heavy (non-hydrogen) atoms. The predicted molar refractivity (Wildman–Crippen MR) is 82.7 cm³/mol. The molecule has 1 aliphatic rings. The second-order valence-corrected chi connectivity index (χ2v) is 6.94. The average molecular weight is 281 g/mol. The van der Waals surface area contributed by atoms with Crippen molar-refractivity contribution in [2.75, 3.05) is 7.11 Å². The first kappa shape index (κ1) is 15.0. The van der Waals surface area contributed by atoms with Crippen LogP contribution in [0.1, 0.15) is 48.8 Å². The van der Waals surface area contributed by atoms with Crippen LogP contribution in [0.15, 0.2) is 12.1 Å². The number of rotatable bonds is 6. The molecule has 1 saturated carbocycles. The molecule has 0 spiro atoms. The number of hydrogen-bond donors (Lipinski definition) is 1. The van der Waals surface area contributed by atoms with Gasteiger partial charge in [0.1, 0.15) is 0 Å². The number of methoxy groups -OCH3 is 1. The minimum absolute atomic E-state index is 0.136. The van der Waals surface area contributed by atoms with Gasteiger partial charge in [-0.05, 0) is 43.7 Å². The highest BCUT2D eigenvalue weighted by molar-refractivity contribution is 7.11. The van der Waals surface area contributed by atoms with Gasteiger partial charge in [0.05, 0.1) is 6.10 Å². The summed E-state index contributed by atoms with van der Waals surface area (Å²) in [4.78, 5) is 2.86. The zero-order valence-corrected chi connectivity index (χ0v) is 13.0. The fourth-order valence-electron chi connectivity index (χ4n) is 3.25. The molecule has 1 aromatic rings. The van der Waals surface area contributed by atoms with Gasteiger partial charge in [-0.3, -0.25) is 0 Å². The Balaban J connectivity index is 1.93. The minimum atomic E-state index is 0.136. The summed E-state index contributed by atoms with van der Waals surface area (Å²) in [7, 11) is 1.82. The zero-order chi connectivity index (χ0) is 13.7. The van der Waals surface area contributed by atoms with Crippen LogP contribution in [0.25, 0.3) is 0 Å². The first-order valence-corrected chi connectivity index (χ1v) is 8.42. The van der Waals surface area contributed by atoms with Crippen molar-refractivity contribution in [1.29, 1.82) is 0 Å².